The quantitative estimate of drug-likeness (QED) is 0.202. The fraction of sp³-hybridized carbons (Fsp3) is 0.429. The number of phosphoric ester groups is 1. The minimum Gasteiger partial charge on any atom is -0.493 e. The molecule has 0 amide bonds. The molecule has 0 spiro atoms. The highest BCUT2D eigenvalue weighted by atomic mass is 31.2. The average Bonchev–Trinajstić information content (AvgIpc) is 2.73. The molecule has 1 unspecified atom stereocenters. The van der Waals surface area contributed by atoms with Gasteiger partial charge < -0.3 is 25.4 Å². The van der Waals surface area contributed by atoms with Crippen LogP contribution < -0.4 is 10.5 Å². The summed E-state index contributed by atoms with van der Waals surface area (Å²) in [5.41, 5.74) is 4.28. The van der Waals surface area contributed by atoms with Crippen molar-refractivity contribution >= 4 is 7.82 Å². The van der Waals surface area contributed by atoms with Gasteiger partial charge in [0.05, 0.1) is 30.9 Å². The Kier molecular flexibility index (Phi) is 9.42. The van der Waals surface area contributed by atoms with Crippen molar-refractivity contribution in [1.29, 1.82) is 0 Å². The second-order valence-corrected chi connectivity index (χ2v) is 8.93. The summed E-state index contributed by atoms with van der Waals surface area (Å²) in [6, 6.07) is 9.43. The number of aliphatic hydroxyl groups excluding tert-OH is 1. The molecule has 0 aliphatic carbocycles. The summed E-state index contributed by atoms with van der Waals surface area (Å²) in [4.78, 5) is 17.6. The Morgan fingerprint density at radius 2 is 1.73 bits per heavy atom. The van der Waals surface area contributed by atoms with Gasteiger partial charge in [0.2, 0.25) is 0 Å². The van der Waals surface area contributed by atoms with E-state index in [-0.39, 0.29) is 36.6 Å². The van der Waals surface area contributed by atoms with Gasteiger partial charge in [-0.05, 0) is 61.1 Å². The van der Waals surface area contributed by atoms with E-state index in [1.807, 2.05) is 0 Å². The van der Waals surface area contributed by atoms with Crippen molar-refractivity contribution in [2.45, 2.75) is 37.4 Å². The summed E-state index contributed by atoms with van der Waals surface area (Å²) in [6.45, 7) is -1.37. The molecule has 2 aromatic carbocycles. The first-order chi connectivity index (χ1) is 15.3. The second-order valence-electron chi connectivity index (χ2n) is 7.69. The van der Waals surface area contributed by atoms with Crippen LogP contribution in [0.15, 0.2) is 42.5 Å². The largest absolute Gasteiger partial charge is 0.493 e. The van der Waals surface area contributed by atoms with Gasteiger partial charge in [-0.15, -0.1) is 0 Å². The minimum absolute atomic E-state index is 0.00488. The minimum atomic E-state index is -4.82. The second kappa shape index (κ2) is 11.4. The van der Waals surface area contributed by atoms with Crippen LogP contribution in [0, 0.1) is 5.82 Å². The summed E-state index contributed by atoms with van der Waals surface area (Å²) in [5, 5.41) is 9.43. The Hall–Kier alpha value is -2.01. The first kappa shape index (κ1) is 27.2. The van der Waals surface area contributed by atoms with Crippen molar-refractivity contribution < 1.29 is 46.3 Å². The van der Waals surface area contributed by atoms with Crippen LogP contribution in [-0.4, -0.2) is 40.3 Å². The van der Waals surface area contributed by atoms with Crippen LogP contribution in [0.2, 0.25) is 0 Å². The zero-order valence-corrected chi connectivity index (χ0v) is 18.5. The Morgan fingerprint density at radius 1 is 1.03 bits per heavy atom. The lowest BCUT2D eigenvalue weighted by Gasteiger charge is -2.27. The van der Waals surface area contributed by atoms with Crippen molar-refractivity contribution in [3.05, 3.63) is 65.0 Å². The number of benzene rings is 2. The number of rotatable bonds is 12. The van der Waals surface area contributed by atoms with Gasteiger partial charge in [0.1, 0.15) is 11.6 Å². The molecule has 5 N–H and O–H groups in total. The monoisotopic (exact) mass is 495 g/mol. The summed E-state index contributed by atoms with van der Waals surface area (Å²) >= 11 is 0. The van der Waals surface area contributed by atoms with Gasteiger partial charge in [-0.25, -0.2) is 8.96 Å². The zero-order valence-electron chi connectivity index (χ0n) is 17.6. The number of hydrogen-bond acceptors (Lipinski definition) is 5. The predicted molar refractivity (Wildman–Crippen MR) is 112 cm³/mol. The third-order valence-electron chi connectivity index (χ3n) is 4.85. The van der Waals surface area contributed by atoms with E-state index in [0.29, 0.717) is 18.4 Å². The van der Waals surface area contributed by atoms with E-state index in [2.05, 4.69) is 4.52 Å². The lowest BCUT2D eigenvalue weighted by Crippen LogP contribution is -2.48. The van der Waals surface area contributed by atoms with Crippen molar-refractivity contribution in [2.24, 2.45) is 5.73 Å². The van der Waals surface area contributed by atoms with Crippen LogP contribution in [0.3, 0.4) is 0 Å². The summed E-state index contributed by atoms with van der Waals surface area (Å²) in [5.74, 6) is -0.740. The van der Waals surface area contributed by atoms with Gasteiger partial charge >= 0.3 is 14.0 Å². The summed E-state index contributed by atoms with van der Waals surface area (Å²) in [7, 11) is -4.82. The molecule has 0 radical (unpaired) electrons. The van der Waals surface area contributed by atoms with Gasteiger partial charge in [-0.2, -0.15) is 13.2 Å². The number of ether oxygens (including phenoxy) is 1. The normalized spacial score (nSPS) is 14.2. The molecule has 2 rings (SSSR count). The number of aliphatic hydroxyl groups is 1. The topological polar surface area (TPSA) is 122 Å². The highest BCUT2D eigenvalue weighted by molar-refractivity contribution is 7.46. The standard InChI is InChI=1S/C21H26F4NO6P/c22-17-5-1-3-15(11-17)4-2-10-31-19-7-6-16(12-18(19)21(23,24)25)8-9-20(26,13-27)14-32-33(28,29)30/h1,3,5-7,11-12,27H,2,4,8-10,13-14,26H2,(H2,28,29,30). The molecule has 2 aromatic rings. The SMILES string of the molecule is NC(CO)(CCc1ccc(OCCCc2cccc(F)c2)c(C(F)(F)F)c1)COP(=O)(O)O. The molecule has 0 aromatic heterocycles. The molecule has 0 fully saturated rings. The van der Waals surface area contributed by atoms with Gasteiger partial charge in [0.25, 0.3) is 0 Å². The Morgan fingerprint density at radius 3 is 2.33 bits per heavy atom. The van der Waals surface area contributed by atoms with Crippen molar-refractivity contribution in [1.82, 2.24) is 0 Å². The number of alkyl halides is 3. The summed E-state index contributed by atoms with van der Waals surface area (Å²) in [6.07, 6.45) is -3.96. The Labute approximate surface area is 188 Å². The lowest BCUT2D eigenvalue weighted by molar-refractivity contribution is -0.139. The van der Waals surface area contributed by atoms with Gasteiger partial charge in [-0.1, -0.05) is 18.2 Å². The fourth-order valence-corrected chi connectivity index (χ4v) is 3.46. The molecular formula is C21H26F4NO6P. The first-order valence-electron chi connectivity index (χ1n) is 9.98. The van der Waals surface area contributed by atoms with Crippen LogP contribution >= 0.6 is 7.82 Å². The fourth-order valence-electron chi connectivity index (χ4n) is 3.03. The van der Waals surface area contributed by atoms with Crippen LogP contribution in [0.25, 0.3) is 0 Å². The van der Waals surface area contributed by atoms with Crippen molar-refractivity contribution in [3.63, 3.8) is 0 Å². The number of hydrogen-bond donors (Lipinski definition) is 4. The first-order valence-corrected chi connectivity index (χ1v) is 11.5. The maximum Gasteiger partial charge on any atom is 0.469 e. The molecule has 1 atom stereocenters. The molecule has 7 nitrogen and oxygen atoms in total. The Bertz CT molecular complexity index is 968. The highest BCUT2D eigenvalue weighted by Crippen LogP contribution is 2.38. The maximum atomic E-state index is 13.5. The predicted octanol–water partition coefficient (Wildman–Crippen LogP) is 3.59. The Balaban J connectivity index is 2.02. The van der Waals surface area contributed by atoms with Crippen molar-refractivity contribution in [3.8, 4) is 5.75 Å². The van der Waals surface area contributed by atoms with Gasteiger partial charge in [0.15, 0.2) is 0 Å². The van der Waals surface area contributed by atoms with E-state index in [9.17, 15) is 27.2 Å². The molecule has 184 valence electrons. The molecule has 0 saturated carbocycles. The van der Waals surface area contributed by atoms with Crippen LogP contribution in [-0.2, 0) is 28.1 Å². The molecule has 0 saturated heterocycles. The molecule has 0 bridgehead atoms. The molecular weight excluding hydrogens is 469 g/mol. The third-order valence-corrected chi connectivity index (χ3v) is 5.32. The molecule has 0 heterocycles. The molecule has 0 aliphatic rings. The smallest absolute Gasteiger partial charge is 0.469 e. The third kappa shape index (κ3) is 9.40. The van der Waals surface area contributed by atoms with Gasteiger partial charge in [-0.3, -0.25) is 4.52 Å². The van der Waals surface area contributed by atoms with E-state index in [0.717, 1.165) is 6.07 Å². The molecule has 12 heteroatoms. The highest BCUT2D eigenvalue weighted by Gasteiger charge is 2.35. The number of phosphoric acid groups is 1. The van der Waals surface area contributed by atoms with E-state index in [1.165, 1.54) is 24.3 Å². The maximum absolute atomic E-state index is 13.5. The van der Waals surface area contributed by atoms with E-state index in [1.54, 1.807) is 12.1 Å². The number of aryl methyl sites for hydroxylation is 2. The number of nitrogens with two attached hydrogens (primary N) is 1. The lowest BCUT2D eigenvalue weighted by atomic mass is 9.93. The van der Waals surface area contributed by atoms with E-state index >= 15 is 0 Å². The molecule has 33 heavy (non-hydrogen) atoms. The van der Waals surface area contributed by atoms with Gasteiger partial charge in [0, 0.05) is 0 Å². The van der Waals surface area contributed by atoms with Crippen LogP contribution in [0.5, 0.6) is 5.75 Å². The zero-order chi connectivity index (χ0) is 24.7. The average molecular weight is 495 g/mol. The van der Waals surface area contributed by atoms with Crippen LogP contribution in [0.1, 0.15) is 29.5 Å². The van der Waals surface area contributed by atoms with Crippen LogP contribution in [0.4, 0.5) is 17.6 Å². The van der Waals surface area contributed by atoms with E-state index < -0.39 is 38.3 Å². The van der Waals surface area contributed by atoms with Crippen molar-refractivity contribution in [2.75, 3.05) is 19.8 Å². The summed E-state index contributed by atoms with van der Waals surface area (Å²) < 4.78 is 74.3. The van der Waals surface area contributed by atoms with E-state index in [4.69, 9.17) is 20.3 Å². The molecule has 0 aliphatic heterocycles. The number of halogens is 4.